The lowest BCUT2D eigenvalue weighted by Gasteiger charge is -2.33. The number of halogens is 2. The topological polar surface area (TPSA) is 23.6 Å². The summed E-state index contributed by atoms with van der Waals surface area (Å²) in [5, 5.41) is 0. The van der Waals surface area contributed by atoms with E-state index in [1.165, 1.54) is 18.2 Å². The molecule has 0 radical (unpaired) electrons. The third-order valence-corrected chi connectivity index (χ3v) is 6.17. The molecule has 2 aliphatic rings. The molecule has 1 saturated carbocycles. The van der Waals surface area contributed by atoms with Gasteiger partial charge in [0.25, 0.3) is 0 Å². The number of hydrogen-bond donors (Lipinski definition) is 0. The van der Waals surface area contributed by atoms with Crippen molar-refractivity contribution >= 4 is 11.7 Å². The lowest BCUT2D eigenvalue weighted by atomic mass is 9.85. The molecule has 1 saturated heterocycles. The lowest BCUT2D eigenvalue weighted by molar-refractivity contribution is 0.189. The Morgan fingerprint density at radius 1 is 1.00 bits per heavy atom. The summed E-state index contributed by atoms with van der Waals surface area (Å²) in [6, 6.07) is 12.9. The molecular weight excluding hydrogens is 370 g/mol. The van der Waals surface area contributed by atoms with E-state index in [0.717, 1.165) is 31.2 Å². The highest BCUT2D eigenvalue weighted by atomic mass is 19.1. The summed E-state index contributed by atoms with van der Waals surface area (Å²) < 4.78 is 27.6. The molecule has 3 nitrogen and oxygen atoms in total. The summed E-state index contributed by atoms with van der Waals surface area (Å²) in [4.78, 5) is 17.4. The summed E-state index contributed by atoms with van der Waals surface area (Å²) in [5.74, 6) is -0.175. The molecule has 2 aromatic rings. The third-order valence-electron chi connectivity index (χ3n) is 6.17. The van der Waals surface area contributed by atoms with Gasteiger partial charge in [-0.2, -0.15) is 0 Å². The quantitative estimate of drug-likeness (QED) is 0.623. The third kappa shape index (κ3) is 3.87. The van der Waals surface area contributed by atoms with E-state index in [1.54, 1.807) is 24.3 Å². The van der Waals surface area contributed by atoms with Crippen molar-refractivity contribution < 1.29 is 13.6 Å². The molecule has 1 heterocycles. The first kappa shape index (κ1) is 19.9. The van der Waals surface area contributed by atoms with Crippen molar-refractivity contribution in [2.75, 3.05) is 11.4 Å². The van der Waals surface area contributed by atoms with Crippen LogP contribution in [0.2, 0.25) is 0 Å². The van der Waals surface area contributed by atoms with Crippen molar-refractivity contribution in [1.82, 2.24) is 4.90 Å². The van der Waals surface area contributed by atoms with E-state index in [1.807, 2.05) is 15.9 Å². The number of carbonyl (C=O) groups excluding carboxylic acids is 1. The minimum Gasteiger partial charge on any atom is -0.319 e. The Bertz CT molecular complexity index is 867. The van der Waals surface area contributed by atoms with Crippen LogP contribution in [-0.2, 0) is 0 Å². The molecule has 2 aromatic carbocycles. The normalized spacial score (nSPS) is 24.7. The van der Waals surface area contributed by atoms with Gasteiger partial charge in [0.2, 0.25) is 0 Å². The molecule has 1 aliphatic carbocycles. The van der Waals surface area contributed by atoms with Gasteiger partial charge in [0.05, 0.1) is 12.1 Å². The van der Waals surface area contributed by atoms with Gasteiger partial charge in [-0.15, -0.1) is 0 Å². The highest BCUT2D eigenvalue weighted by Gasteiger charge is 2.50. The average molecular weight is 398 g/mol. The number of rotatable bonds is 4. The van der Waals surface area contributed by atoms with E-state index in [-0.39, 0.29) is 35.7 Å². The molecule has 0 aromatic heterocycles. The largest absolute Gasteiger partial charge is 0.325 e. The molecule has 0 unspecified atom stereocenters. The zero-order valence-electron chi connectivity index (χ0n) is 17.0. The first-order valence-corrected chi connectivity index (χ1v) is 10.6. The number of amides is 2. The van der Waals surface area contributed by atoms with Crippen LogP contribution in [0.3, 0.4) is 0 Å². The predicted molar refractivity (Wildman–Crippen MR) is 111 cm³/mol. The fraction of sp³-hybridized carbons (Fsp3) is 0.458. The molecule has 3 atom stereocenters. The van der Waals surface area contributed by atoms with E-state index in [9.17, 15) is 13.6 Å². The minimum atomic E-state index is -0.321. The van der Waals surface area contributed by atoms with Crippen LogP contribution >= 0.6 is 0 Å². The number of carbonyl (C=O) groups is 1. The Balaban J connectivity index is 1.81. The summed E-state index contributed by atoms with van der Waals surface area (Å²) >= 11 is 0. The average Bonchev–Trinajstić information content (AvgIpc) is 2.83. The van der Waals surface area contributed by atoms with E-state index in [4.69, 9.17) is 0 Å². The molecule has 0 bridgehead atoms. The van der Waals surface area contributed by atoms with Crippen LogP contribution in [0.5, 0.6) is 0 Å². The summed E-state index contributed by atoms with van der Waals surface area (Å²) in [7, 11) is 0. The summed E-state index contributed by atoms with van der Waals surface area (Å²) in [6.07, 6.45) is 3.94. The van der Waals surface area contributed by atoms with Crippen molar-refractivity contribution in [2.24, 2.45) is 5.92 Å². The number of urea groups is 1. The second-order valence-electron chi connectivity index (χ2n) is 8.68. The van der Waals surface area contributed by atoms with E-state index < -0.39 is 0 Å². The maximum atomic E-state index is 14.0. The smallest absolute Gasteiger partial charge is 0.319 e. The second-order valence-corrected chi connectivity index (χ2v) is 8.68. The minimum absolute atomic E-state index is 0.0244. The molecule has 29 heavy (non-hydrogen) atoms. The molecular formula is C24H28F2N2O. The first-order valence-electron chi connectivity index (χ1n) is 10.6. The van der Waals surface area contributed by atoms with Crippen LogP contribution in [0.4, 0.5) is 19.3 Å². The monoisotopic (exact) mass is 398 g/mol. The standard InChI is InChI=1S/C24H28F2N2O/c1-16(2)15-27-22-9-4-3-8-21(17-6-5-7-19(26)14-17)23(22)28(24(27)29)20-12-10-18(25)11-13-20/h5-7,10-14,16,21-23H,3-4,8-9,15H2,1-2H3/t21-,22-,23+/m0/s1. The Kier molecular flexibility index (Phi) is 5.57. The van der Waals surface area contributed by atoms with Crippen molar-refractivity contribution in [2.45, 2.75) is 57.5 Å². The molecule has 0 spiro atoms. The second kappa shape index (κ2) is 8.13. The number of fused-ring (bicyclic) bond motifs is 1. The number of hydrogen-bond acceptors (Lipinski definition) is 1. The highest BCUT2D eigenvalue weighted by Crippen LogP contribution is 2.43. The van der Waals surface area contributed by atoms with Crippen LogP contribution < -0.4 is 4.90 Å². The zero-order chi connectivity index (χ0) is 20.5. The van der Waals surface area contributed by atoms with Gasteiger partial charge in [-0.05, 0) is 60.7 Å². The Morgan fingerprint density at radius 3 is 2.41 bits per heavy atom. The molecule has 2 amide bonds. The number of anilines is 1. The van der Waals surface area contributed by atoms with Crippen LogP contribution in [0, 0.1) is 17.6 Å². The van der Waals surface area contributed by atoms with E-state index in [0.29, 0.717) is 18.2 Å². The lowest BCUT2D eigenvalue weighted by Crippen LogP contribution is -2.41. The van der Waals surface area contributed by atoms with Gasteiger partial charge in [-0.3, -0.25) is 4.90 Å². The van der Waals surface area contributed by atoms with Crippen LogP contribution in [0.25, 0.3) is 0 Å². The Hall–Kier alpha value is -2.43. The van der Waals surface area contributed by atoms with E-state index >= 15 is 0 Å². The van der Waals surface area contributed by atoms with Crippen LogP contribution in [0.1, 0.15) is 51.0 Å². The molecule has 154 valence electrons. The molecule has 1 aliphatic heterocycles. The molecule has 5 heteroatoms. The molecule has 0 N–H and O–H groups in total. The highest BCUT2D eigenvalue weighted by molar-refractivity contribution is 5.96. The number of benzene rings is 2. The van der Waals surface area contributed by atoms with Gasteiger partial charge >= 0.3 is 6.03 Å². The van der Waals surface area contributed by atoms with Crippen molar-refractivity contribution in [3.63, 3.8) is 0 Å². The van der Waals surface area contributed by atoms with Crippen molar-refractivity contribution in [3.8, 4) is 0 Å². The first-order chi connectivity index (χ1) is 14.0. The summed E-state index contributed by atoms with van der Waals surface area (Å²) in [6.45, 7) is 4.92. The van der Waals surface area contributed by atoms with Gasteiger partial charge < -0.3 is 4.90 Å². The van der Waals surface area contributed by atoms with Crippen molar-refractivity contribution in [3.05, 3.63) is 65.7 Å². The Labute approximate surface area is 171 Å². The van der Waals surface area contributed by atoms with Crippen molar-refractivity contribution in [1.29, 1.82) is 0 Å². The number of nitrogens with zero attached hydrogens (tertiary/aromatic N) is 2. The van der Waals surface area contributed by atoms with Gasteiger partial charge in [0, 0.05) is 18.2 Å². The Morgan fingerprint density at radius 2 is 1.72 bits per heavy atom. The fourth-order valence-corrected chi connectivity index (χ4v) is 5.02. The van der Waals surface area contributed by atoms with Gasteiger partial charge in [0.1, 0.15) is 11.6 Å². The van der Waals surface area contributed by atoms with Crippen LogP contribution in [-0.4, -0.2) is 29.6 Å². The van der Waals surface area contributed by atoms with Crippen LogP contribution in [0.15, 0.2) is 48.5 Å². The molecule has 2 fully saturated rings. The van der Waals surface area contributed by atoms with Gasteiger partial charge in [-0.1, -0.05) is 38.8 Å². The van der Waals surface area contributed by atoms with Gasteiger partial charge in [-0.25, -0.2) is 13.6 Å². The SMILES string of the molecule is CC(C)CN1C(=O)N(c2ccc(F)cc2)[C@@H]2[C@H](c3cccc(F)c3)CCCC[C@@H]21. The maximum absolute atomic E-state index is 14.0. The maximum Gasteiger partial charge on any atom is 0.325 e. The predicted octanol–water partition coefficient (Wildman–Crippen LogP) is 5.96. The molecule has 4 rings (SSSR count). The van der Waals surface area contributed by atoms with Gasteiger partial charge in [0.15, 0.2) is 0 Å². The zero-order valence-corrected chi connectivity index (χ0v) is 17.0. The fourth-order valence-electron chi connectivity index (χ4n) is 5.02. The van der Waals surface area contributed by atoms with E-state index in [2.05, 4.69) is 13.8 Å². The summed E-state index contributed by atoms with van der Waals surface area (Å²) in [5.41, 5.74) is 1.65.